The van der Waals surface area contributed by atoms with Crippen LogP contribution in [0, 0.1) is 0 Å². The molecule has 2 heterocycles. The molecule has 0 atom stereocenters. The maximum absolute atomic E-state index is 13.3. The number of fused-ring (bicyclic) bond motifs is 3. The van der Waals surface area contributed by atoms with E-state index in [0.29, 0.717) is 22.0 Å². The van der Waals surface area contributed by atoms with E-state index in [1.807, 2.05) is 42.5 Å². The van der Waals surface area contributed by atoms with Crippen LogP contribution in [-0.2, 0) is 7.05 Å². The predicted molar refractivity (Wildman–Crippen MR) is 105 cm³/mol. The molecule has 0 aliphatic rings. The highest BCUT2D eigenvalue weighted by molar-refractivity contribution is 6.15. The molecule has 2 aromatic heterocycles. The van der Waals surface area contributed by atoms with E-state index in [2.05, 4.69) is 18.9 Å². The topological polar surface area (TPSA) is 77.1 Å². The van der Waals surface area contributed by atoms with Crippen LogP contribution in [0.5, 0.6) is 0 Å². The Kier molecular flexibility index (Phi) is 3.84. The molecule has 4 aromatic rings. The van der Waals surface area contributed by atoms with Crippen LogP contribution in [0.25, 0.3) is 27.5 Å². The molecule has 0 bridgehead atoms. The van der Waals surface area contributed by atoms with E-state index in [1.54, 1.807) is 17.7 Å². The molecule has 0 radical (unpaired) electrons. The average molecular weight is 361 g/mol. The third-order valence-electron chi connectivity index (χ3n) is 4.92. The van der Waals surface area contributed by atoms with Gasteiger partial charge in [0.15, 0.2) is 5.69 Å². The fourth-order valence-corrected chi connectivity index (χ4v) is 3.52. The summed E-state index contributed by atoms with van der Waals surface area (Å²) >= 11 is 0. The Labute approximate surface area is 155 Å². The molecule has 0 fully saturated rings. The lowest BCUT2D eigenvalue weighted by Crippen LogP contribution is -2.25. The van der Waals surface area contributed by atoms with E-state index in [1.165, 1.54) is 4.68 Å². The standard InChI is InChI=1S/C21H19N3O3/c1-12(2)13-7-6-8-14(11-13)24-20(25)19-17(18(22-24)21(26)27)15-9-4-5-10-16(15)23(19)3/h4-12H,1-3H3,(H,26,27). The van der Waals surface area contributed by atoms with Crippen LogP contribution in [0.2, 0.25) is 0 Å². The molecule has 4 rings (SSSR count). The smallest absolute Gasteiger partial charge is 0.357 e. The van der Waals surface area contributed by atoms with Crippen molar-refractivity contribution in [3.05, 3.63) is 70.1 Å². The molecule has 0 spiro atoms. The molecule has 0 aliphatic heterocycles. The first kappa shape index (κ1) is 17.0. The molecule has 0 saturated heterocycles. The summed E-state index contributed by atoms with van der Waals surface area (Å²) in [6.07, 6.45) is 0. The van der Waals surface area contributed by atoms with Crippen LogP contribution in [0.4, 0.5) is 0 Å². The highest BCUT2D eigenvalue weighted by Gasteiger charge is 2.23. The van der Waals surface area contributed by atoms with Gasteiger partial charge in [-0.2, -0.15) is 9.78 Å². The minimum Gasteiger partial charge on any atom is -0.476 e. The molecular weight excluding hydrogens is 342 g/mol. The Morgan fingerprint density at radius 3 is 2.56 bits per heavy atom. The van der Waals surface area contributed by atoms with Gasteiger partial charge in [0.25, 0.3) is 5.56 Å². The van der Waals surface area contributed by atoms with Gasteiger partial charge in [-0.15, -0.1) is 0 Å². The lowest BCUT2D eigenvalue weighted by Gasteiger charge is -2.11. The summed E-state index contributed by atoms with van der Waals surface area (Å²) in [5, 5.41) is 15.1. The Morgan fingerprint density at radius 2 is 1.85 bits per heavy atom. The second kappa shape index (κ2) is 6.09. The van der Waals surface area contributed by atoms with Gasteiger partial charge in [-0.05, 0) is 29.7 Å². The van der Waals surface area contributed by atoms with Crippen molar-refractivity contribution in [2.24, 2.45) is 7.05 Å². The normalized spacial score (nSPS) is 11.6. The van der Waals surface area contributed by atoms with Crippen LogP contribution < -0.4 is 5.56 Å². The zero-order valence-electron chi connectivity index (χ0n) is 15.3. The van der Waals surface area contributed by atoms with Gasteiger partial charge in [-0.1, -0.05) is 44.2 Å². The molecular formula is C21H19N3O3. The monoisotopic (exact) mass is 361 g/mol. The molecule has 2 aromatic carbocycles. The van der Waals surface area contributed by atoms with E-state index >= 15 is 0 Å². The molecule has 136 valence electrons. The third kappa shape index (κ3) is 2.52. The second-order valence-electron chi connectivity index (χ2n) is 6.92. The maximum atomic E-state index is 13.3. The maximum Gasteiger partial charge on any atom is 0.357 e. The van der Waals surface area contributed by atoms with E-state index < -0.39 is 5.97 Å². The highest BCUT2D eigenvalue weighted by Crippen LogP contribution is 2.28. The van der Waals surface area contributed by atoms with Crippen molar-refractivity contribution in [1.82, 2.24) is 14.3 Å². The SMILES string of the molecule is CC(C)c1cccc(-n2nc(C(=O)O)c3c4ccccc4n(C)c3c2=O)c1. The average Bonchev–Trinajstić information content (AvgIpc) is 2.96. The molecule has 6 nitrogen and oxygen atoms in total. The van der Waals surface area contributed by atoms with Crippen molar-refractivity contribution in [3.63, 3.8) is 0 Å². The van der Waals surface area contributed by atoms with Crippen molar-refractivity contribution in [2.45, 2.75) is 19.8 Å². The number of nitrogens with zero attached hydrogens (tertiary/aromatic N) is 3. The van der Waals surface area contributed by atoms with Gasteiger partial charge < -0.3 is 9.67 Å². The van der Waals surface area contributed by atoms with Gasteiger partial charge in [0.05, 0.1) is 5.69 Å². The van der Waals surface area contributed by atoms with E-state index in [0.717, 1.165) is 11.1 Å². The fourth-order valence-electron chi connectivity index (χ4n) is 3.52. The third-order valence-corrected chi connectivity index (χ3v) is 4.92. The van der Waals surface area contributed by atoms with Crippen molar-refractivity contribution < 1.29 is 9.90 Å². The number of aryl methyl sites for hydroxylation is 1. The van der Waals surface area contributed by atoms with Gasteiger partial charge in [0, 0.05) is 23.3 Å². The number of benzene rings is 2. The summed E-state index contributed by atoms with van der Waals surface area (Å²) in [5.74, 6) is -0.883. The number of carboxylic acid groups (broad SMARTS) is 1. The number of aromatic nitrogens is 3. The van der Waals surface area contributed by atoms with Gasteiger partial charge in [-0.3, -0.25) is 4.79 Å². The molecule has 27 heavy (non-hydrogen) atoms. The lowest BCUT2D eigenvalue weighted by atomic mass is 10.0. The first-order valence-corrected chi connectivity index (χ1v) is 8.74. The number of carboxylic acids is 1. The van der Waals surface area contributed by atoms with Crippen LogP contribution >= 0.6 is 0 Å². The Morgan fingerprint density at radius 1 is 1.11 bits per heavy atom. The van der Waals surface area contributed by atoms with Gasteiger partial charge >= 0.3 is 5.97 Å². The van der Waals surface area contributed by atoms with E-state index in [9.17, 15) is 14.7 Å². The van der Waals surface area contributed by atoms with Crippen molar-refractivity contribution in [1.29, 1.82) is 0 Å². The quantitative estimate of drug-likeness (QED) is 0.604. The number of para-hydroxylation sites is 1. The Bertz CT molecular complexity index is 1270. The van der Waals surface area contributed by atoms with Crippen LogP contribution in [0.15, 0.2) is 53.3 Å². The summed E-state index contributed by atoms with van der Waals surface area (Å²) in [6, 6.07) is 14.8. The largest absolute Gasteiger partial charge is 0.476 e. The van der Waals surface area contributed by atoms with Crippen molar-refractivity contribution >= 4 is 27.8 Å². The van der Waals surface area contributed by atoms with Gasteiger partial charge in [-0.25, -0.2) is 4.79 Å². The summed E-state index contributed by atoms with van der Waals surface area (Å²) in [5.41, 5.74) is 2.27. The number of hydrogen-bond donors (Lipinski definition) is 1. The van der Waals surface area contributed by atoms with Crippen LogP contribution in [0.3, 0.4) is 0 Å². The zero-order valence-corrected chi connectivity index (χ0v) is 15.3. The van der Waals surface area contributed by atoms with Crippen molar-refractivity contribution in [2.75, 3.05) is 0 Å². The fraction of sp³-hybridized carbons (Fsp3) is 0.190. The van der Waals surface area contributed by atoms with Crippen LogP contribution in [-0.4, -0.2) is 25.4 Å². The summed E-state index contributed by atoms with van der Waals surface area (Å²) in [6.45, 7) is 4.12. The minimum absolute atomic E-state index is 0.128. The summed E-state index contributed by atoms with van der Waals surface area (Å²) in [7, 11) is 1.77. The summed E-state index contributed by atoms with van der Waals surface area (Å²) < 4.78 is 2.93. The number of rotatable bonds is 3. The first-order chi connectivity index (χ1) is 12.9. The zero-order chi connectivity index (χ0) is 19.3. The number of aromatic carboxylic acids is 1. The summed E-state index contributed by atoms with van der Waals surface area (Å²) in [4.78, 5) is 25.2. The van der Waals surface area contributed by atoms with Gasteiger partial charge in [0.2, 0.25) is 0 Å². The molecule has 0 saturated carbocycles. The van der Waals surface area contributed by atoms with E-state index in [-0.39, 0.29) is 17.2 Å². The van der Waals surface area contributed by atoms with Gasteiger partial charge in [0.1, 0.15) is 5.52 Å². The first-order valence-electron chi connectivity index (χ1n) is 8.74. The van der Waals surface area contributed by atoms with Crippen LogP contribution in [0.1, 0.15) is 35.8 Å². The molecule has 0 aliphatic carbocycles. The Hall–Kier alpha value is -3.41. The highest BCUT2D eigenvalue weighted by atomic mass is 16.4. The number of carbonyl (C=O) groups is 1. The molecule has 1 N–H and O–H groups in total. The minimum atomic E-state index is -1.16. The Balaban J connectivity index is 2.16. The predicted octanol–water partition coefficient (Wildman–Crippen LogP) is 3.70. The lowest BCUT2D eigenvalue weighted by molar-refractivity contribution is 0.0691. The second-order valence-corrected chi connectivity index (χ2v) is 6.92. The molecule has 0 amide bonds. The number of hydrogen-bond acceptors (Lipinski definition) is 3. The molecule has 6 heteroatoms. The van der Waals surface area contributed by atoms with E-state index in [4.69, 9.17) is 0 Å². The van der Waals surface area contributed by atoms with Crippen molar-refractivity contribution in [3.8, 4) is 5.69 Å². The molecule has 0 unspecified atom stereocenters.